The molecule has 2 aromatic carbocycles. The second kappa shape index (κ2) is 4.44. The predicted octanol–water partition coefficient (Wildman–Crippen LogP) is 2.62. The SMILES string of the molecule is Cn1c2c(c3cc(CO)ccc31)CS(=O)(=O)c1ccccc1-2. The molecule has 1 aliphatic rings. The third-order valence-electron chi connectivity index (χ3n) is 4.36. The van der Waals surface area contributed by atoms with Crippen molar-refractivity contribution in [3.63, 3.8) is 0 Å². The lowest BCUT2D eigenvalue weighted by Crippen LogP contribution is -2.13. The summed E-state index contributed by atoms with van der Waals surface area (Å²) in [5.74, 6) is 0.00552. The van der Waals surface area contributed by atoms with Crippen molar-refractivity contribution in [2.75, 3.05) is 0 Å². The van der Waals surface area contributed by atoms with Gasteiger partial charge in [-0.25, -0.2) is 8.42 Å². The molecule has 2 heterocycles. The first kappa shape index (κ1) is 13.5. The van der Waals surface area contributed by atoms with Gasteiger partial charge in [0.05, 0.1) is 22.9 Å². The third kappa shape index (κ3) is 1.69. The van der Waals surface area contributed by atoms with Crippen LogP contribution >= 0.6 is 0 Å². The third-order valence-corrected chi connectivity index (χ3v) is 6.06. The number of fused-ring (bicyclic) bond motifs is 5. The molecule has 112 valence electrons. The summed E-state index contributed by atoms with van der Waals surface area (Å²) in [4.78, 5) is 0.399. The molecule has 0 bridgehead atoms. The molecule has 0 radical (unpaired) electrons. The topological polar surface area (TPSA) is 59.3 Å². The molecule has 0 spiro atoms. The van der Waals surface area contributed by atoms with Gasteiger partial charge in [-0.15, -0.1) is 0 Å². The Kier molecular flexibility index (Phi) is 2.74. The second-order valence-corrected chi connectivity index (χ2v) is 7.61. The highest BCUT2D eigenvalue weighted by atomic mass is 32.2. The Bertz CT molecular complexity index is 1020. The normalized spacial score (nSPS) is 15.5. The highest BCUT2D eigenvalue weighted by Gasteiger charge is 2.31. The van der Waals surface area contributed by atoms with Crippen LogP contribution in [-0.4, -0.2) is 18.1 Å². The van der Waals surface area contributed by atoms with Gasteiger partial charge in [0.15, 0.2) is 9.84 Å². The number of rotatable bonds is 1. The number of aliphatic hydroxyl groups excluding tert-OH is 1. The van der Waals surface area contributed by atoms with Crippen LogP contribution in [-0.2, 0) is 29.2 Å². The van der Waals surface area contributed by atoms with Crippen molar-refractivity contribution in [3.8, 4) is 11.3 Å². The zero-order chi connectivity index (χ0) is 15.5. The smallest absolute Gasteiger partial charge is 0.183 e. The molecule has 0 fully saturated rings. The molecule has 0 atom stereocenters. The predicted molar refractivity (Wildman–Crippen MR) is 85.2 cm³/mol. The van der Waals surface area contributed by atoms with Crippen molar-refractivity contribution < 1.29 is 13.5 Å². The summed E-state index contributed by atoms with van der Waals surface area (Å²) in [7, 11) is -1.38. The Morgan fingerprint density at radius 1 is 1.18 bits per heavy atom. The van der Waals surface area contributed by atoms with Gasteiger partial charge in [0.1, 0.15) is 0 Å². The lowest BCUT2D eigenvalue weighted by molar-refractivity contribution is 0.282. The second-order valence-electron chi connectivity index (χ2n) is 5.65. The molecule has 5 heteroatoms. The van der Waals surface area contributed by atoms with Crippen LogP contribution in [0.15, 0.2) is 47.4 Å². The number of aliphatic hydroxyl groups is 1. The Morgan fingerprint density at radius 3 is 2.73 bits per heavy atom. The zero-order valence-electron chi connectivity index (χ0n) is 12.1. The summed E-state index contributed by atoms with van der Waals surface area (Å²) in [5.41, 5.74) is 4.31. The van der Waals surface area contributed by atoms with E-state index in [9.17, 15) is 13.5 Å². The minimum atomic E-state index is -3.33. The van der Waals surface area contributed by atoms with Gasteiger partial charge in [-0.1, -0.05) is 24.3 Å². The monoisotopic (exact) mass is 313 g/mol. The minimum Gasteiger partial charge on any atom is -0.392 e. The van der Waals surface area contributed by atoms with Gasteiger partial charge >= 0.3 is 0 Å². The van der Waals surface area contributed by atoms with E-state index in [1.807, 2.05) is 41.9 Å². The molecule has 22 heavy (non-hydrogen) atoms. The van der Waals surface area contributed by atoms with E-state index in [0.717, 1.165) is 33.3 Å². The molecule has 4 nitrogen and oxygen atoms in total. The standard InChI is InChI=1S/C17H15NO3S/c1-18-15-7-6-11(9-19)8-13(15)14-10-22(20,21)16-5-3-2-4-12(16)17(14)18/h2-8,19H,9-10H2,1H3. The number of nitrogens with zero attached hydrogens (tertiary/aromatic N) is 1. The van der Waals surface area contributed by atoms with Gasteiger partial charge in [0.2, 0.25) is 0 Å². The van der Waals surface area contributed by atoms with E-state index < -0.39 is 9.84 Å². The van der Waals surface area contributed by atoms with E-state index in [0.29, 0.717) is 4.90 Å². The van der Waals surface area contributed by atoms with Crippen molar-refractivity contribution in [1.82, 2.24) is 4.57 Å². The molecule has 0 amide bonds. The molecule has 0 saturated carbocycles. The number of hydrogen-bond donors (Lipinski definition) is 1. The van der Waals surface area contributed by atoms with Crippen molar-refractivity contribution in [3.05, 3.63) is 53.6 Å². The fourth-order valence-electron chi connectivity index (χ4n) is 3.36. The van der Waals surface area contributed by atoms with E-state index in [2.05, 4.69) is 0 Å². The number of sulfone groups is 1. The minimum absolute atomic E-state index is 0.00552. The molecule has 1 aromatic heterocycles. The van der Waals surface area contributed by atoms with E-state index in [4.69, 9.17) is 0 Å². The zero-order valence-corrected chi connectivity index (χ0v) is 12.9. The van der Waals surface area contributed by atoms with E-state index in [-0.39, 0.29) is 12.4 Å². The maximum atomic E-state index is 12.6. The van der Waals surface area contributed by atoms with Crippen LogP contribution in [0.1, 0.15) is 11.1 Å². The Morgan fingerprint density at radius 2 is 1.95 bits per heavy atom. The summed E-state index contributed by atoms with van der Waals surface area (Å²) >= 11 is 0. The first-order valence-corrected chi connectivity index (χ1v) is 8.71. The van der Waals surface area contributed by atoms with Crippen molar-refractivity contribution in [1.29, 1.82) is 0 Å². The summed E-state index contributed by atoms with van der Waals surface area (Å²) in [6.45, 7) is -0.0526. The largest absolute Gasteiger partial charge is 0.392 e. The van der Waals surface area contributed by atoms with Crippen LogP contribution in [0.4, 0.5) is 0 Å². The lowest BCUT2D eigenvalue weighted by atomic mass is 10.0. The maximum Gasteiger partial charge on any atom is 0.183 e. The van der Waals surface area contributed by atoms with Crippen LogP contribution in [0.2, 0.25) is 0 Å². The first-order valence-electron chi connectivity index (χ1n) is 7.06. The number of benzene rings is 2. The average molecular weight is 313 g/mol. The highest BCUT2D eigenvalue weighted by molar-refractivity contribution is 7.91. The Labute approximate surface area is 128 Å². The van der Waals surface area contributed by atoms with Crippen molar-refractivity contribution in [2.24, 2.45) is 7.05 Å². The van der Waals surface area contributed by atoms with Crippen molar-refractivity contribution in [2.45, 2.75) is 17.3 Å². The highest BCUT2D eigenvalue weighted by Crippen LogP contribution is 2.42. The number of hydrogen-bond acceptors (Lipinski definition) is 3. The Balaban J connectivity index is 2.17. The average Bonchev–Trinajstić information content (AvgIpc) is 2.79. The van der Waals surface area contributed by atoms with E-state index >= 15 is 0 Å². The van der Waals surface area contributed by atoms with Crippen LogP contribution < -0.4 is 0 Å². The fraction of sp³-hybridized carbons (Fsp3) is 0.176. The summed E-state index contributed by atoms with van der Waals surface area (Å²) in [5, 5.41) is 10.2. The lowest BCUT2D eigenvalue weighted by Gasteiger charge is -2.18. The number of aryl methyl sites for hydroxylation is 1. The van der Waals surface area contributed by atoms with Crippen LogP contribution in [0.3, 0.4) is 0 Å². The first-order chi connectivity index (χ1) is 10.5. The van der Waals surface area contributed by atoms with Crippen LogP contribution in [0.25, 0.3) is 22.2 Å². The molecule has 3 aromatic rings. The Hall–Kier alpha value is -2.11. The maximum absolute atomic E-state index is 12.6. The molecule has 0 saturated heterocycles. The number of aromatic nitrogens is 1. The molecule has 0 unspecified atom stereocenters. The quantitative estimate of drug-likeness (QED) is 0.751. The van der Waals surface area contributed by atoms with Crippen molar-refractivity contribution >= 4 is 20.7 Å². The fourth-order valence-corrected chi connectivity index (χ4v) is 4.97. The molecule has 0 aliphatic carbocycles. The molecule has 4 rings (SSSR count). The van der Waals surface area contributed by atoms with Gasteiger partial charge in [0, 0.05) is 29.1 Å². The molecule has 1 aliphatic heterocycles. The van der Waals surface area contributed by atoms with Crippen LogP contribution in [0, 0.1) is 0 Å². The van der Waals surface area contributed by atoms with Crippen LogP contribution in [0.5, 0.6) is 0 Å². The summed E-state index contributed by atoms with van der Waals surface area (Å²) < 4.78 is 27.2. The molecule has 1 N–H and O–H groups in total. The van der Waals surface area contributed by atoms with E-state index in [1.54, 1.807) is 12.1 Å². The molecular formula is C17H15NO3S. The summed E-state index contributed by atoms with van der Waals surface area (Å²) in [6, 6.07) is 12.8. The summed E-state index contributed by atoms with van der Waals surface area (Å²) in [6.07, 6.45) is 0. The van der Waals surface area contributed by atoms with E-state index in [1.165, 1.54) is 0 Å². The van der Waals surface area contributed by atoms with Gasteiger partial charge in [-0.3, -0.25) is 0 Å². The molecular weight excluding hydrogens is 298 g/mol. The van der Waals surface area contributed by atoms with Gasteiger partial charge in [-0.2, -0.15) is 0 Å². The van der Waals surface area contributed by atoms with Gasteiger partial charge < -0.3 is 9.67 Å². The van der Waals surface area contributed by atoms with Gasteiger partial charge in [-0.05, 0) is 23.8 Å². The van der Waals surface area contributed by atoms with Gasteiger partial charge in [0.25, 0.3) is 0 Å².